The average molecular weight is 217 g/mol. The van der Waals surface area contributed by atoms with Gasteiger partial charge in [0.2, 0.25) is 0 Å². The van der Waals surface area contributed by atoms with E-state index in [1.807, 2.05) is 0 Å². The van der Waals surface area contributed by atoms with Crippen molar-refractivity contribution in [1.29, 1.82) is 0 Å². The Labute approximate surface area is 96.3 Å². The molecule has 0 aliphatic carbocycles. The van der Waals surface area contributed by atoms with Crippen molar-refractivity contribution in [1.82, 2.24) is 9.38 Å². The van der Waals surface area contributed by atoms with Crippen LogP contribution in [-0.4, -0.2) is 15.9 Å². The van der Waals surface area contributed by atoms with E-state index in [-0.39, 0.29) is 0 Å². The summed E-state index contributed by atoms with van der Waals surface area (Å²) in [4.78, 5) is 4.68. The van der Waals surface area contributed by atoms with E-state index >= 15 is 0 Å². The molecule has 2 aromatic rings. The highest BCUT2D eigenvalue weighted by molar-refractivity contribution is 5.45. The van der Waals surface area contributed by atoms with Crippen molar-refractivity contribution in [2.45, 2.75) is 33.1 Å². The van der Waals surface area contributed by atoms with Gasteiger partial charge in [0.15, 0.2) is 0 Å². The number of hydrogen-bond donors (Lipinski definition) is 1. The molecule has 16 heavy (non-hydrogen) atoms. The van der Waals surface area contributed by atoms with Gasteiger partial charge in [0.25, 0.3) is 0 Å². The van der Waals surface area contributed by atoms with Gasteiger partial charge >= 0.3 is 0 Å². The predicted molar refractivity (Wildman–Crippen MR) is 66.8 cm³/mol. The first kappa shape index (κ1) is 11.1. The minimum Gasteiger partial charge on any atom is -0.330 e. The summed E-state index contributed by atoms with van der Waals surface area (Å²) in [6, 6.07) is 6.23. The normalized spacial score (nSPS) is 11.6. The Morgan fingerprint density at radius 3 is 2.75 bits per heavy atom. The zero-order chi connectivity index (χ0) is 11.7. The van der Waals surface area contributed by atoms with Gasteiger partial charge in [-0.15, -0.1) is 0 Å². The third-order valence-corrected chi connectivity index (χ3v) is 2.94. The number of fused-ring (bicyclic) bond motifs is 1. The van der Waals surface area contributed by atoms with Gasteiger partial charge in [-0.05, 0) is 31.5 Å². The highest BCUT2D eigenvalue weighted by atomic mass is 15.0. The standard InChI is InChI=1S/C13H19N3/c1-9(2)13-10(3)16-11(7-8-14)5-4-6-12(16)15-13/h4-6,9H,7-8,14H2,1-3H3. The van der Waals surface area contributed by atoms with Gasteiger partial charge in [-0.3, -0.25) is 0 Å². The fourth-order valence-electron chi connectivity index (χ4n) is 2.22. The maximum absolute atomic E-state index is 5.63. The van der Waals surface area contributed by atoms with Crippen LogP contribution in [0.15, 0.2) is 18.2 Å². The monoisotopic (exact) mass is 217 g/mol. The predicted octanol–water partition coefficient (Wildman–Crippen LogP) is 2.27. The van der Waals surface area contributed by atoms with E-state index in [0.29, 0.717) is 12.5 Å². The molecule has 0 saturated heterocycles. The molecular weight excluding hydrogens is 198 g/mol. The van der Waals surface area contributed by atoms with Crippen molar-refractivity contribution < 1.29 is 0 Å². The molecule has 0 fully saturated rings. The number of rotatable bonds is 3. The second kappa shape index (κ2) is 4.26. The second-order valence-corrected chi connectivity index (χ2v) is 4.49. The van der Waals surface area contributed by atoms with E-state index in [1.54, 1.807) is 0 Å². The van der Waals surface area contributed by atoms with Crippen LogP contribution in [-0.2, 0) is 6.42 Å². The molecule has 2 aromatic heterocycles. The topological polar surface area (TPSA) is 43.3 Å². The fraction of sp³-hybridized carbons (Fsp3) is 0.462. The first-order valence-corrected chi connectivity index (χ1v) is 5.82. The van der Waals surface area contributed by atoms with Gasteiger partial charge in [-0.1, -0.05) is 19.9 Å². The SMILES string of the molecule is Cc1c(C(C)C)nc2cccc(CCN)n12. The molecule has 0 radical (unpaired) electrons. The van der Waals surface area contributed by atoms with Crippen molar-refractivity contribution >= 4 is 5.65 Å². The Balaban J connectivity index is 2.67. The molecule has 0 aromatic carbocycles. The molecule has 0 aliphatic heterocycles. The van der Waals surface area contributed by atoms with E-state index in [9.17, 15) is 0 Å². The Bertz CT molecular complexity index is 497. The van der Waals surface area contributed by atoms with E-state index in [0.717, 1.165) is 12.1 Å². The summed E-state index contributed by atoms with van der Waals surface area (Å²) >= 11 is 0. The van der Waals surface area contributed by atoms with Gasteiger partial charge in [-0.25, -0.2) is 4.98 Å². The molecule has 0 bridgehead atoms. The third kappa shape index (κ3) is 1.71. The minimum absolute atomic E-state index is 0.464. The van der Waals surface area contributed by atoms with Crippen LogP contribution in [0.4, 0.5) is 0 Å². The molecule has 0 amide bonds. The van der Waals surface area contributed by atoms with Crippen LogP contribution in [0.2, 0.25) is 0 Å². The van der Waals surface area contributed by atoms with Crippen molar-refractivity contribution in [3.05, 3.63) is 35.3 Å². The minimum atomic E-state index is 0.464. The molecule has 2 rings (SSSR count). The molecule has 0 saturated carbocycles. The van der Waals surface area contributed by atoms with Crippen molar-refractivity contribution in [3.8, 4) is 0 Å². The smallest absolute Gasteiger partial charge is 0.137 e. The summed E-state index contributed by atoms with van der Waals surface area (Å²) in [5, 5.41) is 0. The second-order valence-electron chi connectivity index (χ2n) is 4.49. The quantitative estimate of drug-likeness (QED) is 0.857. The van der Waals surface area contributed by atoms with Crippen LogP contribution in [0.25, 0.3) is 5.65 Å². The van der Waals surface area contributed by atoms with Crippen molar-refractivity contribution in [3.63, 3.8) is 0 Å². The van der Waals surface area contributed by atoms with Crippen molar-refractivity contribution in [2.24, 2.45) is 5.73 Å². The zero-order valence-corrected chi connectivity index (χ0v) is 10.2. The third-order valence-electron chi connectivity index (χ3n) is 2.94. The average Bonchev–Trinajstić information content (AvgIpc) is 2.58. The molecule has 0 atom stereocenters. The Kier molecular flexibility index (Phi) is 2.97. The van der Waals surface area contributed by atoms with E-state index in [1.165, 1.54) is 17.1 Å². The molecule has 3 nitrogen and oxygen atoms in total. The Hall–Kier alpha value is -1.35. The molecule has 0 unspecified atom stereocenters. The van der Waals surface area contributed by atoms with Crippen LogP contribution in [0, 0.1) is 6.92 Å². The summed E-state index contributed by atoms with van der Waals surface area (Å²) in [6.07, 6.45) is 0.895. The van der Waals surface area contributed by atoms with Gasteiger partial charge in [0.05, 0.1) is 5.69 Å². The van der Waals surface area contributed by atoms with Crippen molar-refractivity contribution in [2.75, 3.05) is 6.54 Å². The number of nitrogens with two attached hydrogens (primary N) is 1. The number of aromatic nitrogens is 2. The summed E-state index contributed by atoms with van der Waals surface area (Å²) in [5.74, 6) is 0.464. The molecule has 86 valence electrons. The molecule has 0 spiro atoms. The van der Waals surface area contributed by atoms with Crippen LogP contribution >= 0.6 is 0 Å². The first-order chi connectivity index (χ1) is 7.65. The molecule has 2 heterocycles. The molecular formula is C13H19N3. The lowest BCUT2D eigenvalue weighted by Crippen LogP contribution is -2.07. The lowest BCUT2D eigenvalue weighted by molar-refractivity contribution is 0.814. The van der Waals surface area contributed by atoms with Crippen LogP contribution in [0.3, 0.4) is 0 Å². The Morgan fingerprint density at radius 1 is 1.38 bits per heavy atom. The maximum Gasteiger partial charge on any atom is 0.137 e. The zero-order valence-electron chi connectivity index (χ0n) is 10.2. The van der Waals surface area contributed by atoms with Crippen LogP contribution in [0.5, 0.6) is 0 Å². The molecule has 3 heteroatoms. The fourth-order valence-corrected chi connectivity index (χ4v) is 2.22. The van der Waals surface area contributed by atoms with Crippen LogP contribution in [0.1, 0.15) is 36.8 Å². The lowest BCUT2D eigenvalue weighted by atomic mass is 10.1. The number of aryl methyl sites for hydroxylation is 1. The van der Waals surface area contributed by atoms with E-state index in [4.69, 9.17) is 5.73 Å². The van der Waals surface area contributed by atoms with Gasteiger partial charge in [-0.2, -0.15) is 0 Å². The summed E-state index contributed by atoms with van der Waals surface area (Å²) in [5.41, 5.74) is 10.3. The van der Waals surface area contributed by atoms with Crippen LogP contribution < -0.4 is 5.73 Å². The number of pyridine rings is 1. The highest BCUT2D eigenvalue weighted by Crippen LogP contribution is 2.21. The number of nitrogens with zero attached hydrogens (tertiary/aromatic N) is 2. The lowest BCUT2D eigenvalue weighted by Gasteiger charge is -2.06. The highest BCUT2D eigenvalue weighted by Gasteiger charge is 2.12. The summed E-state index contributed by atoms with van der Waals surface area (Å²) in [6.45, 7) is 7.16. The number of imidazole rings is 1. The summed E-state index contributed by atoms with van der Waals surface area (Å²) in [7, 11) is 0. The molecule has 0 aliphatic rings. The van der Waals surface area contributed by atoms with Gasteiger partial charge < -0.3 is 10.1 Å². The number of hydrogen-bond acceptors (Lipinski definition) is 2. The first-order valence-electron chi connectivity index (χ1n) is 5.82. The maximum atomic E-state index is 5.63. The van der Waals surface area contributed by atoms with E-state index < -0.39 is 0 Å². The summed E-state index contributed by atoms with van der Waals surface area (Å²) < 4.78 is 2.22. The van der Waals surface area contributed by atoms with Gasteiger partial charge in [0.1, 0.15) is 5.65 Å². The molecule has 2 N–H and O–H groups in total. The van der Waals surface area contributed by atoms with Gasteiger partial charge in [0, 0.05) is 17.8 Å². The Morgan fingerprint density at radius 2 is 2.12 bits per heavy atom. The largest absolute Gasteiger partial charge is 0.330 e. The van der Waals surface area contributed by atoms with E-state index in [2.05, 4.69) is 48.4 Å².